The first kappa shape index (κ1) is 12.6. The van der Waals surface area contributed by atoms with Gasteiger partial charge in [-0.05, 0) is 18.9 Å². The van der Waals surface area contributed by atoms with Crippen LogP contribution in [0.4, 0.5) is 5.13 Å². The van der Waals surface area contributed by atoms with E-state index in [2.05, 4.69) is 10.3 Å². The van der Waals surface area contributed by atoms with Gasteiger partial charge in [0.25, 0.3) is 0 Å². The number of anilines is 1. The highest BCUT2D eigenvalue weighted by atomic mass is 35.5. The molecule has 1 saturated carbocycles. The van der Waals surface area contributed by atoms with Crippen molar-refractivity contribution in [3.63, 3.8) is 0 Å². The molecule has 1 aliphatic carbocycles. The van der Waals surface area contributed by atoms with E-state index in [4.69, 9.17) is 11.6 Å². The zero-order valence-electron chi connectivity index (χ0n) is 10.2. The predicted octanol–water partition coefficient (Wildman–Crippen LogP) is 4.20. The first-order valence-electron chi connectivity index (χ1n) is 6.25. The van der Waals surface area contributed by atoms with Crippen molar-refractivity contribution < 1.29 is 4.79 Å². The third kappa shape index (κ3) is 2.65. The summed E-state index contributed by atoms with van der Waals surface area (Å²) in [5.74, 6) is 0.263. The Labute approximate surface area is 120 Å². The number of rotatable bonds is 3. The number of aromatic nitrogens is 1. The Kier molecular flexibility index (Phi) is 3.53. The number of hydrogen-bond donors (Lipinski definition) is 1. The first-order valence-corrected chi connectivity index (χ1v) is 7.51. The van der Waals surface area contributed by atoms with Gasteiger partial charge in [-0.2, -0.15) is 0 Å². The zero-order valence-corrected chi connectivity index (χ0v) is 11.8. The van der Waals surface area contributed by atoms with Crippen molar-refractivity contribution >= 4 is 34.0 Å². The van der Waals surface area contributed by atoms with Crippen molar-refractivity contribution in [1.82, 2.24) is 4.98 Å². The summed E-state index contributed by atoms with van der Waals surface area (Å²) >= 11 is 7.56. The van der Waals surface area contributed by atoms with E-state index in [1.54, 1.807) is 0 Å². The lowest BCUT2D eigenvalue weighted by molar-refractivity contribution is -0.122. The molecule has 0 radical (unpaired) electrons. The molecule has 1 amide bonds. The molecule has 5 heteroatoms. The Hall–Kier alpha value is -1.39. The molecule has 0 spiro atoms. The minimum absolute atomic E-state index is 0.0892. The predicted molar refractivity (Wildman–Crippen MR) is 78.5 cm³/mol. The molecule has 0 saturated heterocycles. The summed E-state index contributed by atoms with van der Waals surface area (Å²) in [5.41, 5.74) is 1.70. The Balaban J connectivity index is 1.76. The van der Waals surface area contributed by atoms with Crippen LogP contribution in [0.25, 0.3) is 11.3 Å². The topological polar surface area (TPSA) is 42.0 Å². The number of amides is 1. The minimum atomic E-state index is 0.0892. The fourth-order valence-corrected chi connectivity index (χ4v) is 2.95. The standard InChI is InChI=1S/C14H13ClN2OS/c15-11-7-2-1-6-10(11)12-8-19-14(16-12)17-13(18)9-4-3-5-9/h1-2,6-9H,3-5H2,(H,16,17,18). The summed E-state index contributed by atoms with van der Waals surface area (Å²) in [6.45, 7) is 0. The Morgan fingerprint density at radius 3 is 2.84 bits per heavy atom. The van der Waals surface area contributed by atoms with Crippen molar-refractivity contribution in [1.29, 1.82) is 0 Å². The molecule has 1 aliphatic rings. The Morgan fingerprint density at radius 1 is 1.37 bits per heavy atom. The van der Waals surface area contributed by atoms with E-state index in [-0.39, 0.29) is 11.8 Å². The van der Waals surface area contributed by atoms with Gasteiger partial charge in [-0.3, -0.25) is 4.79 Å². The van der Waals surface area contributed by atoms with Crippen molar-refractivity contribution in [2.24, 2.45) is 5.92 Å². The van der Waals surface area contributed by atoms with Crippen molar-refractivity contribution in [3.8, 4) is 11.3 Å². The lowest BCUT2D eigenvalue weighted by Crippen LogP contribution is -2.27. The second-order valence-electron chi connectivity index (χ2n) is 4.63. The minimum Gasteiger partial charge on any atom is -0.302 e. The molecular weight excluding hydrogens is 280 g/mol. The highest BCUT2D eigenvalue weighted by Crippen LogP contribution is 2.32. The van der Waals surface area contributed by atoms with Crippen LogP contribution >= 0.6 is 22.9 Å². The molecule has 0 aliphatic heterocycles. The first-order chi connectivity index (χ1) is 9.24. The number of halogens is 1. The number of nitrogens with one attached hydrogen (secondary N) is 1. The van der Waals surface area contributed by atoms with E-state index < -0.39 is 0 Å². The van der Waals surface area contributed by atoms with Gasteiger partial charge in [-0.1, -0.05) is 36.2 Å². The second kappa shape index (κ2) is 5.31. The lowest BCUT2D eigenvalue weighted by atomic mass is 9.85. The van der Waals surface area contributed by atoms with Gasteiger partial charge in [0.15, 0.2) is 5.13 Å². The summed E-state index contributed by atoms with van der Waals surface area (Å²) in [5, 5.41) is 6.11. The molecule has 0 atom stereocenters. The second-order valence-corrected chi connectivity index (χ2v) is 5.90. The van der Waals surface area contributed by atoms with Crippen LogP contribution in [0.1, 0.15) is 19.3 Å². The van der Waals surface area contributed by atoms with Crippen LogP contribution in [0, 0.1) is 5.92 Å². The van der Waals surface area contributed by atoms with Crippen LogP contribution in [0.3, 0.4) is 0 Å². The molecule has 19 heavy (non-hydrogen) atoms. The summed E-state index contributed by atoms with van der Waals surface area (Å²) < 4.78 is 0. The number of carbonyl (C=O) groups excluding carboxylic acids is 1. The van der Waals surface area contributed by atoms with Gasteiger partial charge in [-0.25, -0.2) is 4.98 Å². The van der Waals surface area contributed by atoms with Gasteiger partial charge in [0.1, 0.15) is 0 Å². The van der Waals surface area contributed by atoms with Crippen LogP contribution in [-0.2, 0) is 4.79 Å². The van der Waals surface area contributed by atoms with Gasteiger partial charge in [0.2, 0.25) is 5.91 Å². The average Bonchev–Trinajstić information content (AvgIpc) is 2.75. The van der Waals surface area contributed by atoms with Gasteiger partial charge in [0.05, 0.1) is 5.69 Å². The van der Waals surface area contributed by atoms with E-state index in [9.17, 15) is 4.79 Å². The number of benzene rings is 1. The van der Waals surface area contributed by atoms with Gasteiger partial charge >= 0.3 is 0 Å². The molecule has 1 aromatic carbocycles. The van der Waals surface area contributed by atoms with Crippen LogP contribution in [0.2, 0.25) is 5.02 Å². The maximum atomic E-state index is 11.8. The molecule has 1 aromatic heterocycles. The number of thiazole rings is 1. The average molecular weight is 293 g/mol. The summed E-state index contributed by atoms with van der Waals surface area (Å²) in [7, 11) is 0. The Bertz CT molecular complexity index is 607. The maximum absolute atomic E-state index is 11.8. The maximum Gasteiger partial charge on any atom is 0.229 e. The van der Waals surface area contributed by atoms with Gasteiger partial charge in [-0.15, -0.1) is 11.3 Å². The smallest absolute Gasteiger partial charge is 0.229 e. The molecule has 0 unspecified atom stereocenters. The van der Waals surface area contributed by atoms with Crippen LogP contribution < -0.4 is 5.32 Å². The van der Waals surface area contributed by atoms with Crippen LogP contribution in [-0.4, -0.2) is 10.9 Å². The molecule has 3 rings (SSSR count). The molecule has 1 fully saturated rings. The molecular formula is C14H13ClN2OS. The van der Waals surface area contributed by atoms with E-state index >= 15 is 0 Å². The zero-order chi connectivity index (χ0) is 13.2. The van der Waals surface area contributed by atoms with Gasteiger partial charge < -0.3 is 5.32 Å². The third-order valence-electron chi connectivity index (χ3n) is 3.36. The monoisotopic (exact) mass is 292 g/mol. The quantitative estimate of drug-likeness (QED) is 0.921. The largest absolute Gasteiger partial charge is 0.302 e. The third-order valence-corrected chi connectivity index (χ3v) is 4.45. The van der Waals surface area contributed by atoms with Crippen LogP contribution in [0.5, 0.6) is 0 Å². The highest BCUT2D eigenvalue weighted by molar-refractivity contribution is 7.14. The van der Waals surface area contributed by atoms with Crippen molar-refractivity contribution in [2.75, 3.05) is 5.32 Å². The fraction of sp³-hybridized carbons (Fsp3) is 0.286. The molecule has 1 heterocycles. The number of hydrogen-bond acceptors (Lipinski definition) is 3. The lowest BCUT2D eigenvalue weighted by Gasteiger charge is -2.23. The molecule has 98 valence electrons. The fourth-order valence-electron chi connectivity index (χ4n) is 2.00. The molecule has 3 nitrogen and oxygen atoms in total. The SMILES string of the molecule is O=C(Nc1nc(-c2ccccc2Cl)cs1)C1CCC1. The van der Waals surface area contributed by atoms with Crippen LogP contribution in [0.15, 0.2) is 29.6 Å². The highest BCUT2D eigenvalue weighted by Gasteiger charge is 2.25. The van der Waals surface area contributed by atoms with E-state index in [1.807, 2.05) is 29.6 Å². The summed E-state index contributed by atoms with van der Waals surface area (Å²) in [6.07, 6.45) is 3.14. The van der Waals surface area contributed by atoms with E-state index in [1.165, 1.54) is 11.3 Å². The molecule has 0 bridgehead atoms. The van der Waals surface area contributed by atoms with Crippen molar-refractivity contribution in [2.45, 2.75) is 19.3 Å². The molecule has 1 N–H and O–H groups in total. The molecule has 2 aromatic rings. The normalized spacial score (nSPS) is 15.0. The van der Waals surface area contributed by atoms with Gasteiger partial charge in [0, 0.05) is 21.9 Å². The van der Waals surface area contributed by atoms with E-state index in [0.29, 0.717) is 10.2 Å². The number of nitrogens with zero attached hydrogens (tertiary/aromatic N) is 1. The van der Waals surface area contributed by atoms with Crippen molar-refractivity contribution in [3.05, 3.63) is 34.7 Å². The summed E-state index contributed by atoms with van der Waals surface area (Å²) in [6, 6.07) is 7.57. The number of carbonyl (C=O) groups is 1. The summed E-state index contributed by atoms with van der Waals surface area (Å²) in [4.78, 5) is 16.3. The Morgan fingerprint density at radius 2 is 2.16 bits per heavy atom. The van der Waals surface area contributed by atoms with E-state index in [0.717, 1.165) is 30.5 Å².